The number of hydrogen-bond acceptors (Lipinski definition) is 2. The van der Waals surface area contributed by atoms with Gasteiger partial charge in [0, 0.05) is 18.7 Å². The summed E-state index contributed by atoms with van der Waals surface area (Å²) >= 11 is 0. The van der Waals surface area contributed by atoms with Crippen LogP contribution in [0.4, 0.5) is 0 Å². The fraction of sp³-hybridized carbons (Fsp3) is 0.545. The highest BCUT2D eigenvalue weighted by molar-refractivity contribution is 5.93. The van der Waals surface area contributed by atoms with Gasteiger partial charge in [-0.2, -0.15) is 0 Å². The number of amides is 1. The summed E-state index contributed by atoms with van der Waals surface area (Å²) in [7, 11) is 0. The van der Waals surface area contributed by atoms with Crippen LogP contribution < -0.4 is 11.1 Å². The van der Waals surface area contributed by atoms with Crippen molar-refractivity contribution in [2.24, 2.45) is 5.73 Å². The van der Waals surface area contributed by atoms with E-state index < -0.39 is 0 Å². The molecule has 0 rings (SSSR count). The lowest BCUT2D eigenvalue weighted by Crippen LogP contribution is -2.27. The molecule has 0 bridgehead atoms. The summed E-state index contributed by atoms with van der Waals surface area (Å²) in [6.45, 7) is 4.91. The summed E-state index contributed by atoms with van der Waals surface area (Å²) in [6.07, 6.45) is 7.78. The van der Waals surface area contributed by atoms with Gasteiger partial charge in [0.15, 0.2) is 0 Å². The number of rotatable bonds is 6. The number of nitrogens with two attached hydrogens (primary N) is 1. The fourth-order valence-corrected chi connectivity index (χ4v) is 1.02. The number of carbonyl (C=O) groups is 1. The van der Waals surface area contributed by atoms with Gasteiger partial charge in [-0.05, 0) is 19.8 Å². The van der Waals surface area contributed by atoms with Crippen LogP contribution in [0, 0.1) is 0 Å². The molecule has 0 aromatic heterocycles. The molecular weight excluding hydrogens is 176 g/mol. The summed E-state index contributed by atoms with van der Waals surface area (Å²) in [5, 5.41) is 2.73. The molecule has 80 valence electrons. The molecule has 0 aliphatic heterocycles. The molecule has 3 heteroatoms. The van der Waals surface area contributed by atoms with E-state index in [9.17, 15) is 4.79 Å². The van der Waals surface area contributed by atoms with Crippen molar-refractivity contribution in [3.05, 3.63) is 23.8 Å². The first kappa shape index (κ1) is 12.9. The van der Waals surface area contributed by atoms with Crippen molar-refractivity contribution in [2.45, 2.75) is 26.7 Å². The predicted octanol–water partition coefficient (Wildman–Crippen LogP) is 1.36. The number of carbonyl (C=O) groups excluding carboxylic acids is 1. The van der Waals surface area contributed by atoms with E-state index in [4.69, 9.17) is 5.73 Å². The third-order valence-corrected chi connectivity index (χ3v) is 1.75. The molecule has 0 saturated heterocycles. The third-order valence-electron chi connectivity index (χ3n) is 1.75. The Morgan fingerprint density at radius 2 is 2.07 bits per heavy atom. The maximum atomic E-state index is 11.4. The first-order chi connectivity index (χ1) is 6.76. The van der Waals surface area contributed by atoms with Crippen LogP contribution in [0.25, 0.3) is 0 Å². The molecule has 0 aromatic rings. The fourth-order valence-electron chi connectivity index (χ4n) is 1.02. The third kappa shape index (κ3) is 5.54. The van der Waals surface area contributed by atoms with Gasteiger partial charge in [0.25, 0.3) is 0 Å². The van der Waals surface area contributed by atoms with Crippen LogP contribution in [0.3, 0.4) is 0 Å². The SMILES string of the molecule is CC/C=C\C/C=C(\CN)C(=O)NCC. The molecule has 0 heterocycles. The van der Waals surface area contributed by atoms with Gasteiger partial charge in [-0.3, -0.25) is 4.79 Å². The first-order valence-corrected chi connectivity index (χ1v) is 5.08. The Kier molecular flexibility index (Phi) is 7.84. The predicted molar refractivity (Wildman–Crippen MR) is 59.9 cm³/mol. The zero-order valence-corrected chi connectivity index (χ0v) is 9.05. The lowest BCUT2D eigenvalue weighted by molar-refractivity contribution is -0.117. The minimum absolute atomic E-state index is 0.0556. The lowest BCUT2D eigenvalue weighted by atomic mass is 10.2. The molecule has 3 nitrogen and oxygen atoms in total. The molecule has 0 unspecified atom stereocenters. The molecule has 0 fully saturated rings. The van der Waals surface area contributed by atoms with Crippen molar-refractivity contribution in [1.82, 2.24) is 5.32 Å². The molecule has 0 radical (unpaired) electrons. The average Bonchev–Trinajstić information content (AvgIpc) is 2.18. The first-order valence-electron chi connectivity index (χ1n) is 5.08. The number of allylic oxidation sites excluding steroid dienone is 3. The largest absolute Gasteiger partial charge is 0.353 e. The Morgan fingerprint density at radius 3 is 2.57 bits per heavy atom. The topological polar surface area (TPSA) is 55.1 Å². The van der Waals surface area contributed by atoms with Crippen LogP contribution in [-0.2, 0) is 4.79 Å². The van der Waals surface area contributed by atoms with E-state index in [2.05, 4.69) is 18.3 Å². The van der Waals surface area contributed by atoms with Crippen molar-refractivity contribution in [2.75, 3.05) is 13.1 Å². The van der Waals surface area contributed by atoms with E-state index in [1.54, 1.807) is 0 Å². The normalized spacial score (nSPS) is 12.1. The van der Waals surface area contributed by atoms with Gasteiger partial charge >= 0.3 is 0 Å². The smallest absolute Gasteiger partial charge is 0.248 e. The van der Waals surface area contributed by atoms with Gasteiger partial charge in [-0.15, -0.1) is 0 Å². The van der Waals surface area contributed by atoms with Crippen LogP contribution in [0.1, 0.15) is 26.7 Å². The van der Waals surface area contributed by atoms with Crippen molar-refractivity contribution in [1.29, 1.82) is 0 Å². The lowest BCUT2D eigenvalue weighted by Gasteiger charge is -2.03. The van der Waals surface area contributed by atoms with E-state index in [1.807, 2.05) is 19.1 Å². The van der Waals surface area contributed by atoms with Crippen LogP contribution in [0.5, 0.6) is 0 Å². The van der Waals surface area contributed by atoms with Crippen LogP contribution in [0.15, 0.2) is 23.8 Å². The second-order valence-electron chi connectivity index (χ2n) is 2.91. The average molecular weight is 196 g/mol. The van der Waals surface area contributed by atoms with Crippen molar-refractivity contribution >= 4 is 5.91 Å². The Labute approximate surface area is 86.1 Å². The van der Waals surface area contributed by atoms with Crippen LogP contribution in [-0.4, -0.2) is 19.0 Å². The summed E-state index contributed by atoms with van der Waals surface area (Å²) in [5.41, 5.74) is 6.13. The van der Waals surface area contributed by atoms with Gasteiger partial charge in [-0.25, -0.2) is 0 Å². The van der Waals surface area contributed by atoms with Crippen LogP contribution >= 0.6 is 0 Å². The zero-order chi connectivity index (χ0) is 10.8. The van der Waals surface area contributed by atoms with Gasteiger partial charge in [0.05, 0.1) is 0 Å². The van der Waals surface area contributed by atoms with Crippen molar-refractivity contribution < 1.29 is 4.79 Å². The van der Waals surface area contributed by atoms with E-state index in [1.165, 1.54) is 0 Å². The summed E-state index contributed by atoms with van der Waals surface area (Å²) in [6, 6.07) is 0. The molecule has 3 N–H and O–H groups in total. The summed E-state index contributed by atoms with van der Waals surface area (Å²) in [4.78, 5) is 11.4. The molecule has 1 amide bonds. The zero-order valence-electron chi connectivity index (χ0n) is 9.05. The minimum atomic E-state index is -0.0556. The Bertz CT molecular complexity index is 219. The van der Waals surface area contributed by atoms with E-state index in [-0.39, 0.29) is 5.91 Å². The number of nitrogens with one attached hydrogen (secondary N) is 1. The number of hydrogen-bond donors (Lipinski definition) is 2. The highest BCUT2D eigenvalue weighted by atomic mass is 16.1. The minimum Gasteiger partial charge on any atom is -0.353 e. The van der Waals surface area contributed by atoms with E-state index >= 15 is 0 Å². The maximum Gasteiger partial charge on any atom is 0.248 e. The van der Waals surface area contributed by atoms with Gasteiger partial charge in [-0.1, -0.05) is 25.2 Å². The van der Waals surface area contributed by atoms with Gasteiger partial charge in [0.1, 0.15) is 0 Å². The second kappa shape index (κ2) is 8.51. The Balaban J connectivity index is 4.10. The molecular formula is C11H20N2O. The molecule has 0 saturated carbocycles. The summed E-state index contributed by atoms with van der Waals surface area (Å²) in [5.74, 6) is -0.0556. The molecule has 0 aromatic carbocycles. The molecule has 0 aliphatic carbocycles. The Hall–Kier alpha value is -1.09. The molecule has 14 heavy (non-hydrogen) atoms. The standard InChI is InChI=1S/C11H20N2O/c1-3-5-6-7-8-10(9-12)11(14)13-4-2/h5-6,8H,3-4,7,9,12H2,1-2H3,(H,13,14)/b6-5-,10-8+. The molecule has 0 spiro atoms. The quantitative estimate of drug-likeness (QED) is 0.498. The summed E-state index contributed by atoms with van der Waals surface area (Å²) < 4.78 is 0. The molecule has 0 aliphatic rings. The Morgan fingerprint density at radius 1 is 1.36 bits per heavy atom. The van der Waals surface area contributed by atoms with Crippen LogP contribution in [0.2, 0.25) is 0 Å². The highest BCUT2D eigenvalue weighted by Gasteiger charge is 2.03. The van der Waals surface area contributed by atoms with E-state index in [0.717, 1.165) is 12.8 Å². The molecule has 0 atom stereocenters. The van der Waals surface area contributed by atoms with Crippen molar-refractivity contribution in [3.63, 3.8) is 0 Å². The van der Waals surface area contributed by atoms with Gasteiger partial charge < -0.3 is 11.1 Å². The maximum absolute atomic E-state index is 11.4. The second-order valence-corrected chi connectivity index (χ2v) is 2.91. The van der Waals surface area contributed by atoms with E-state index in [0.29, 0.717) is 18.7 Å². The van der Waals surface area contributed by atoms with Crippen molar-refractivity contribution in [3.8, 4) is 0 Å². The van der Waals surface area contributed by atoms with Gasteiger partial charge in [0.2, 0.25) is 5.91 Å². The number of likely N-dealkylation sites (N-methyl/N-ethyl adjacent to an activating group) is 1. The monoisotopic (exact) mass is 196 g/mol. The highest BCUT2D eigenvalue weighted by Crippen LogP contribution is 1.96.